The molecule has 0 aliphatic carbocycles. The van der Waals surface area contributed by atoms with Gasteiger partial charge in [-0.3, -0.25) is 4.98 Å². The maximum Gasteiger partial charge on any atom is 0.336 e. The molecule has 0 saturated carbocycles. The third-order valence-corrected chi connectivity index (χ3v) is 3.00. The molecule has 2 heterocycles. The second-order valence-corrected chi connectivity index (χ2v) is 4.35. The number of carboxylic acids is 1. The number of carboxylic acid groups (broad SMARTS) is 1. The number of nitrogens with two attached hydrogens (primary N) is 1. The van der Waals surface area contributed by atoms with Crippen molar-refractivity contribution in [3.63, 3.8) is 0 Å². The molecule has 0 bridgehead atoms. The Morgan fingerprint density at radius 2 is 1.82 bits per heavy atom. The first-order valence-electron chi connectivity index (χ1n) is 7.00. The lowest BCUT2D eigenvalue weighted by Crippen LogP contribution is -2.00. The van der Waals surface area contributed by atoms with Gasteiger partial charge in [-0.25, -0.2) is 9.78 Å². The molecule has 3 aromatic rings. The monoisotopic (exact) mass is 295 g/mol. The summed E-state index contributed by atoms with van der Waals surface area (Å²) < 4.78 is 0. The van der Waals surface area contributed by atoms with Crippen LogP contribution in [-0.2, 0) is 0 Å². The number of rotatable bonds is 2. The van der Waals surface area contributed by atoms with Crippen LogP contribution in [0.2, 0.25) is 0 Å². The molecule has 2 aromatic heterocycles. The molecule has 22 heavy (non-hydrogen) atoms. The van der Waals surface area contributed by atoms with Gasteiger partial charge in [-0.05, 0) is 24.3 Å². The molecule has 1 aromatic carbocycles. The summed E-state index contributed by atoms with van der Waals surface area (Å²) in [6, 6.07) is 12.1. The van der Waals surface area contributed by atoms with Crippen molar-refractivity contribution in [2.45, 2.75) is 13.8 Å². The minimum absolute atomic E-state index is 0.212. The lowest BCUT2D eigenvalue weighted by Gasteiger charge is -2.06. The maximum atomic E-state index is 11.4. The van der Waals surface area contributed by atoms with Gasteiger partial charge in [-0.15, -0.1) is 0 Å². The molecule has 0 amide bonds. The van der Waals surface area contributed by atoms with Gasteiger partial charge in [-0.1, -0.05) is 32.0 Å². The smallest absolute Gasteiger partial charge is 0.336 e. The van der Waals surface area contributed by atoms with E-state index in [0.29, 0.717) is 28.0 Å². The fourth-order valence-electron chi connectivity index (χ4n) is 2.04. The highest BCUT2D eigenvalue weighted by Crippen LogP contribution is 2.24. The SMILES string of the molecule is CC.Nc1ccc(-c2cc(C(=O)O)c3ccccc3n2)nc1. The summed E-state index contributed by atoms with van der Waals surface area (Å²) in [7, 11) is 0. The van der Waals surface area contributed by atoms with Crippen molar-refractivity contribution in [2.75, 3.05) is 5.73 Å². The van der Waals surface area contributed by atoms with Crippen molar-refractivity contribution < 1.29 is 9.90 Å². The molecule has 0 fully saturated rings. The van der Waals surface area contributed by atoms with E-state index in [1.54, 1.807) is 30.3 Å². The predicted molar refractivity (Wildman–Crippen MR) is 87.7 cm³/mol. The van der Waals surface area contributed by atoms with Crippen molar-refractivity contribution in [3.8, 4) is 11.4 Å². The number of aromatic carboxylic acids is 1. The molecule has 0 radical (unpaired) electrons. The highest BCUT2D eigenvalue weighted by Gasteiger charge is 2.12. The normalized spacial score (nSPS) is 9.91. The van der Waals surface area contributed by atoms with E-state index < -0.39 is 5.97 Å². The third-order valence-electron chi connectivity index (χ3n) is 3.00. The molecule has 3 N–H and O–H groups in total. The molecule has 0 unspecified atom stereocenters. The Balaban J connectivity index is 0.000000847. The van der Waals surface area contributed by atoms with Crippen LogP contribution in [0.25, 0.3) is 22.3 Å². The molecule has 0 atom stereocenters. The fraction of sp³-hybridized carbons (Fsp3) is 0.118. The maximum absolute atomic E-state index is 11.4. The van der Waals surface area contributed by atoms with Crippen LogP contribution in [0.3, 0.4) is 0 Å². The summed E-state index contributed by atoms with van der Waals surface area (Å²) in [6.45, 7) is 4.00. The van der Waals surface area contributed by atoms with Crippen LogP contribution >= 0.6 is 0 Å². The van der Waals surface area contributed by atoms with Gasteiger partial charge >= 0.3 is 5.97 Å². The standard InChI is InChI=1S/C15H11N3O2.C2H6/c16-9-5-6-13(17-8-9)14-7-11(15(19)20)10-3-1-2-4-12(10)18-14;1-2/h1-8H,16H2,(H,19,20);1-2H3. The average molecular weight is 295 g/mol. The molecule has 0 saturated heterocycles. The molecule has 0 aliphatic heterocycles. The molecular weight excluding hydrogens is 278 g/mol. The zero-order valence-corrected chi connectivity index (χ0v) is 12.4. The number of nitrogens with zero attached hydrogens (tertiary/aromatic N) is 2. The number of benzene rings is 1. The van der Waals surface area contributed by atoms with E-state index in [1.165, 1.54) is 12.3 Å². The number of pyridine rings is 2. The van der Waals surface area contributed by atoms with Gasteiger partial charge in [-0.2, -0.15) is 0 Å². The Hall–Kier alpha value is -2.95. The number of nitrogen functional groups attached to an aromatic ring is 1. The van der Waals surface area contributed by atoms with E-state index in [9.17, 15) is 9.90 Å². The topological polar surface area (TPSA) is 89.1 Å². The van der Waals surface area contributed by atoms with Crippen LogP contribution in [0.4, 0.5) is 5.69 Å². The van der Waals surface area contributed by atoms with Crippen LogP contribution in [-0.4, -0.2) is 21.0 Å². The lowest BCUT2D eigenvalue weighted by atomic mass is 10.1. The van der Waals surface area contributed by atoms with Crippen molar-refractivity contribution in [1.82, 2.24) is 9.97 Å². The summed E-state index contributed by atoms with van der Waals surface area (Å²) in [5.41, 5.74) is 8.09. The van der Waals surface area contributed by atoms with E-state index in [2.05, 4.69) is 9.97 Å². The summed E-state index contributed by atoms with van der Waals surface area (Å²) in [6.07, 6.45) is 1.52. The van der Waals surface area contributed by atoms with Crippen molar-refractivity contribution in [2.24, 2.45) is 0 Å². The minimum Gasteiger partial charge on any atom is -0.478 e. The molecule has 112 valence electrons. The van der Waals surface area contributed by atoms with Gasteiger partial charge in [0, 0.05) is 5.39 Å². The quantitative estimate of drug-likeness (QED) is 0.754. The van der Waals surface area contributed by atoms with Crippen molar-refractivity contribution >= 4 is 22.6 Å². The molecular formula is C17H17N3O2. The number of para-hydroxylation sites is 1. The van der Waals surface area contributed by atoms with Gasteiger partial charge < -0.3 is 10.8 Å². The van der Waals surface area contributed by atoms with Gasteiger partial charge in [0.25, 0.3) is 0 Å². The van der Waals surface area contributed by atoms with E-state index >= 15 is 0 Å². The molecule has 5 nitrogen and oxygen atoms in total. The van der Waals surface area contributed by atoms with E-state index in [1.807, 2.05) is 19.9 Å². The Morgan fingerprint density at radius 1 is 1.09 bits per heavy atom. The lowest BCUT2D eigenvalue weighted by molar-refractivity contribution is 0.0699. The summed E-state index contributed by atoms with van der Waals surface area (Å²) in [5.74, 6) is -0.986. The Labute approximate surface area is 128 Å². The molecule has 3 rings (SSSR count). The van der Waals surface area contributed by atoms with E-state index in [0.717, 1.165) is 0 Å². The van der Waals surface area contributed by atoms with Crippen molar-refractivity contribution in [3.05, 3.63) is 54.2 Å². The fourth-order valence-corrected chi connectivity index (χ4v) is 2.04. The van der Waals surface area contributed by atoms with Crippen molar-refractivity contribution in [1.29, 1.82) is 0 Å². The highest BCUT2D eigenvalue weighted by atomic mass is 16.4. The van der Waals surface area contributed by atoms with E-state index in [-0.39, 0.29) is 5.56 Å². The largest absolute Gasteiger partial charge is 0.478 e. The Morgan fingerprint density at radius 3 is 2.45 bits per heavy atom. The zero-order valence-electron chi connectivity index (χ0n) is 12.4. The van der Waals surface area contributed by atoms with Crippen LogP contribution in [0.5, 0.6) is 0 Å². The Bertz CT molecular complexity index is 799. The molecule has 0 spiro atoms. The predicted octanol–water partition coefficient (Wildman–Crippen LogP) is 3.60. The summed E-state index contributed by atoms with van der Waals surface area (Å²) in [5, 5.41) is 9.94. The number of fused-ring (bicyclic) bond motifs is 1. The van der Waals surface area contributed by atoms with Gasteiger partial charge in [0.2, 0.25) is 0 Å². The Kier molecular flexibility index (Phi) is 4.68. The highest BCUT2D eigenvalue weighted by molar-refractivity contribution is 6.03. The van der Waals surface area contributed by atoms with Gasteiger partial charge in [0.15, 0.2) is 0 Å². The molecule has 5 heteroatoms. The van der Waals surface area contributed by atoms with Crippen LogP contribution in [0.15, 0.2) is 48.7 Å². The minimum atomic E-state index is -0.986. The van der Waals surface area contributed by atoms with Gasteiger partial charge in [0.1, 0.15) is 0 Å². The first-order valence-corrected chi connectivity index (χ1v) is 7.00. The number of aromatic nitrogens is 2. The van der Waals surface area contributed by atoms with Crippen LogP contribution in [0.1, 0.15) is 24.2 Å². The third kappa shape index (κ3) is 3.03. The zero-order chi connectivity index (χ0) is 16.1. The summed E-state index contributed by atoms with van der Waals surface area (Å²) in [4.78, 5) is 20.0. The van der Waals surface area contributed by atoms with Gasteiger partial charge in [0.05, 0.1) is 34.4 Å². The number of hydrogen-bond donors (Lipinski definition) is 2. The number of hydrogen-bond acceptors (Lipinski definition) is 4. The van der Waals surface area contributed by atoms with Crippen LogP contribution < -0.4 is 5.73 Å². The second kappa shape index (κ2) is 6.67. The van der Waals surface area contributed by atoms with E-state index in [4.69, 9.17) is 5.73 Å². The summed E-state index contributed by atoms with van der Waals surface area (Å²) >= 11 is 0. The number of anilines is 1. The number of carbonyl (C=O) groups is 1. The first kappa shape index (κ1) is 15.4. The molecule has 0 aliphatic rings. The van der Waals surface area contributed by atoms with Crippen LogP contribution in [0, 0.1) is 0 Å². The second-order valence-electron chi connectivity index (χ2n) is 4.35. The first-order chi connectivity index (χ1) is 10.6. The average Bonchev–Trinajstić information content (AvgIpc) is 2.56.